The Hall–Kier alpha value is -2.07. The number of rotatable bonds is 4. The molecule has 1 heterocycles. The first-order valence-electron chi connectivity index (χ1n) is 5.53. The second-order valence-electron chi connectivity index (χ2n) is 3.80. The zero-order chi connectivity index (χ0) is 13.8. The number of hydrogen-bond acceptors (Lipinski definition) is 4. The molecule has 1 aromatic heterocycles. The van der Waals surface area contributed by atoms with Crippen molar-refractivity contribution in [1.29, 1.82) is 0 Å². The van der Waals surface area contributed by atoms with E-state index in [2.05, 4.69) is 4.98 Å². The van der Waals surface area contributed by atoms with Crippen molar-refractivity contribution in [2.75, 3.05) is 14.2 Å². The Labute approximate surface area is 115 Å². The van der Waals surface area contributed by atoms with Crippen LogP contribution in [0.4, 0.5) is 0 Å². The van der Waals surface area contributed by atoms with Crippen LogP contribution in [-0.2, 0) is 0 Å². The Balaban J connectivity index is 2.40. The Kier molecular flexibility index (Phi) is 4.02. The van der Waals surface area contributed by atoms with E-state index in [1.165, 1.54) is 20.4 Å². The van der Waals surface area contributed by atoms with E-state index in [4.69, 9.17) is 21.1 Å². The van der Waals surface area contributed by atoms with Gasteiger partial charge in [0.15, 0.2) is 5.78 Å². The van der Waals surface area contributed by atoms with Crippen LogP contribution in [0, 0.1) is 0 Å². The first kappa shape index (κ1) is 13.4. The number of halogens is 1. The van der Waals surface area contributed by atoms with Gasteiger partial charge >= 0.3 is 0 Å². The summed E-state index contributed by atoms with van der Waals surface area (Å²) in [7, 11) is 3.07. The number of aromatic nitrogens is 1. The minimum absolute atomic E-state index is 0.165. The van der Waals surface area contributed by atoms with Gasteiger partial charge in [-0.3, -0.25) is 4.79 Å². The van der Waals surface area contributed by atoms with Gasteiger partial charge in [-0.25, -0.2) is 4.98 Å². The summed E-state index contributed by atoms with van der Waals surface area (Å²) < 4.78 is 10.3. The SMILES string of the molecule is COc1cc(OC)cc(C(=O)c2ccc(Cl)nc2)c1. The largest absolute Gasteiger partial charge is 0.497 e. The number of carbonyl (C=O) groups excluding carboxylic acids is 1. The topological polar surface area (TPSA) is 48.4 Å². The van der Waals surface area contributed by atoms with Gasteiger partial charge in [0.05, 0.1) is 14.2 Å². The molecule has 5 heteroatoms. The van der Waals surface area contributed by atoms with Gasteiger partial charge in [0.1, 0.15) is 16.7 Å². The van der Waals surface area contributed by atoms with E-state index < -0.39 is 0 Å². The normalized spacial score (nSPS) is 10.1. The van der Waals surface area contributed by atoms with Gasteiger partial charge < -0.3 is 9.47 Å². The zero-order valence-electron chi connectivity index (χ0n) is 10.5. The smallest absolute Gasteiger partial charge is 0.194 e. The molecule has 0 bridgehead atoms. The molecule has 0 saturated carbocycles. The summed E-state index contributed by atoms with van der Waals surface area (Å²) >= 11 is 5.70. The van der Waals surface area contributed by atoms with Crippen LogP contribution in [0.25, 0.3) is 0 Å². The van der Waals surface area contributed by atoms with Crippen molar-refractivity contribution < 1.29 is 14.3 Å². The predicted octanol–water partition coefficient (Wildman–Crippen LogP) is 2.98. The summed E-state index contributed by atoms with van der Waals surface area (Å²) in [5, 5.41) is 0.347. The fourth-order valence-corrected chi connectivity index (χ4v) is 1.73. The molecule has 0 N–H and O–H groups in total. The minimum atomic E-state index is -0.165. The molecule has 0 amide bonds. The highest BCUT2D eigenvalue weighted by molar-refractivity contribution is 6.29. The van der Waals surface area contributed by atoms with Crippen LogP contribution in [0.15, 0.2) is 36.5 Å². The average Bonchev–Trinajstić information content (AvgIpc) is 2.46. The average molecular weight is 278 g/mol. The van der Waals surface area contributed by atoms with Crippen LogP contribution in [0.2, 0.25) is 5.15 Å². The predicted molar refractivity (Wildman–Crippen MR) is 72.2 cm³/mol. The van der Waals surface area contributed by atoms with Crippen LogP contribution >= 0.6 is 11.6 Å². The van der Waals surface area contributed by atoms with Gasteiger partial charge in [0.25, 0.3) is 0 Å². The summed E-state index contributed by atoms with van der Waals surface area (Å²) in [6.07, 6.45) is 1.44. The van der Waals surface area contributed by atoms with Crippen LogP contribution < -0.4 is 9.47 Å². The van der Waals surface area contributed by atoms with E-state index in [1.807, 2.05) is 0 Å². The molecule has 2 rings (SSSR count). The highest BCUT2D eigenvalue weighted by atomic mass is 35.5. The third-order valence-corrected chi connectivity index (χ3v) is 2.83. The van der Waals surface area contributed by atoms with Crippen LogP contribution in [0.1, 0.15) is 15.9 Å². The molecule has 0 fully saturated rings. The lowest BCUT2D eigenvalue weighted by Gasteiger charge is -2.07. The fourth-order valence-electron chi connectivity index (χ4n) is 1.62. The molecule has 98 valence electrons. The van der Waals surface area contributed by atoms with E-state index in [1.54, 1.807) is 30.3 Å². The molecular formula is C14H12ClNO3. The standard InChI is InChI=1S/C14H12ClNO3/c1-18-11-5-10(6-12(7-11)19-2)14(17)9-3-4-13(15)16-8-9/h3-8H,1-2H3. The quantitative estimate of drug-likeness (QED) is 0.637. The van der Waals surface area contributed by atoms with Gasteiger partial charge in [-0.1, -0.05) is 11.6 Å². The second kappa shape index (κ2) is 5.71. The number of benzene rings is 1. The second-order valence-corrected chi connectivity index (χ2v) is 4.19. The van der Waals surface area contributed by atoms with E-state index in [0.29, 0.717) is 27.8 Å². The van der Waals surface area contributed by atoms with Crippen molar-refractivity contribution in [3.8, 4) is 11.5 Å². The summed E-state index contributed by atoms with van der Waals surface area (Å²) in [5.74, 6) is 0.954. The van der Waals surface area contributed by atoms with E-state index >= 15 is 0 Å². The van der Waals surface area contributed by atoms with Crippen molar-refractivity contribution in [2.45, 2.75) is 0 Å². The van der Waals surface area contributed by atoms with Crippen molar-refractivity contribution in [1.82, 2.24) is 4.98 Å². The Morgan fingerprint density at radius 3 is 2.16 bits per heavy atom. The molecule has 0 unspecified atom stereocenters. The molecule has 0 aliphatic rings. The Morgan fingerprint density at radius 1 is 1.05 bits per heavy atom. The molecule has 0 aliphatic heterocycles. The highest BCUT2D eigenvalue weighted by Gasteiger charge is 2.12. The first-order chi connectivity index (χ1) is 9.13. The van der Waals surface area contributed by atoms with E-state index in [9.17, 15) is 4.79 Å². The van der Waals surface area contributed by atoms with Crippen molar-refractivity contribution >= 4 is 17.4 Å². The lowest BCUT2D eigenvalue weighted by molar-refractivity contribution is 0.103. The molecule has 19 heavy (non-hydrogen) atoms. The van der Waals surface area contributed by atoms with Crippen molar-refractivity contribution in [3.63, 3.8) is 0 Å². The highest BCUT2D eigenvalue weighted by Crippen LogP contribution is 2.24. The maximum Gasteiger partial charge on any atom is 0.194 e. The number of pyridine rings is 1. The van der Waals surface area contributed by atoms with Gasteiger partial charge in [-0.2, -0.15) is 0 Å². The van der Waals surface area contributed by atoms with Gasteiger partial charge in [0, 0.05) is 23.4 Å². The number of ketones is 1. The Morgan fingerprint density at radius 2 is 1.68 bits per heavy atom. The lowest BCUT2D eigenvalue weighted by atomic mass is 10.0. The monoisotopic (exact) mass is 277 g/mol. The Bertz CT molecular complexity index is 574. The number of carbonyl (C=O) groups is 1. The summed E-state index contributed by atoms with van der Waals surface area (Å²) in [4.78, 5) is 16.2. The number of methoxy groups -OCH3 is 2. The van der Waals surface area contributed by atoms with E-state index in [-0.39, 0.29) is 5.78 Å². The first-order valence-corrected chi connectivity index (χ1v) is 5.91. The number of nitrogens with zero attached hydrogens (tertiary/aromatic N) is 1. The maximum atomic E-state index is 12.3. The van der Waals surface area contributed by atoms with Crippen LogP contribution in [-0.4, -0.2) is 25.0 Å². The molecule has 0 atom stereocenters. The minimum Gasteiger partial charge on any atom is -0.497 e. The van der Waals surface area contributed by atoms with Gasteiger partial charge in [0.2, 0.25) is 0 Å². The van der Waals surface area contributed by atoms with Crippen LogP contribution in [0.5, 0.6) is 11.5 Å². The number of hydrogen-bond donors (Lipinski definition) is 0. The number of ether oxygens (including phenoxy) is 2. The summed E-state index contributed by atoms with van der Waals surface area (Å²) in [5.41, 5.74) is 0.931. The molecule has 4 nitrogen and oxygen atoms in total. The molecule has 0 aliphatic carbocycles. The van der Waals surface area contributed by atoms with Crippen LogP contribution in [0.3, 0.4) is 0 Å². The fraction of sp³-hybridized carbons (Fsp3) is 0.143. The lowest BCUT2D eigenvalue weighted by Crippen LogP contribution is -2.03. The third-order valence-electron chi connectivity index (χ3n) is 2.60. The van der Waals surface area contributed by atoms with Gasteiger partial charge in [-0.05, 0) is 24.3 Å². The molecule has 0 saturated heterocycles. The molecule has 0 radical (unpaired) electrons. The van der Waals surface area contributed by atoms with Gasteiger partial charge in [-0.15, -0.1) is 0 Å². The maximum absolute atomic E-state index is 12.3. The molecular weight excluding hydrogens is 266 g/mol. The summed E-state index contributed by atoms with van der Waals surface area (Å²) in [6.45, 7) is 0. The molecule has 1 aromatic carbocycles. The zero-order valence-corrected chi connectivity index (χ0v) is 11.3. The van der Waals surface area contributed by atoms with Crippen molar-refractivity contribution in [3.05, 3.63) is 52.8 Å². The summed E-state index contributed by atoms with van der Waals surface area (Å²) in [6, 6.07) is 8.21. The van der Waals surface area contributed by atoms with E-state index in [0.717, 1.165) is 0 Å². The molecule has 0 spiro atoms. The third kappa shape index (κ3) is 3.03. The van der Waals surface area contributed by atoms with Crippen molar-refractivity contribution in [2.24, 2.45) is 0 Å². The molecule has 2 aromatic rings.